The molecule has 4 unspecified atom stereocenters. The van der Waals surface area contributed by atoms with E-state index in [1.807, 2.05) is 110 Å². The van der Waals surface area contributed by atoms with Gasteiger partial charge in [0, 0.05) is 11.1 Å². The summed E-state index contributed by atoms with van der Waals surface area (Å²) in [6.45, 7) is 10.7. The van der Waals surface area contributed by atoms with Gasteiger partial charge in [-0.25, -0.2) is 0 Å². The largest absolute Gasteiger partial charge is 0.439 e. The summed E-state index contributed by atoms with van der Waals surface area (Å²) in [5.41, 5.74) is 4.93. The van der Waals surface area contributed by atoms with Gasteiger partial charge >= 0.3 is 0 Å². The van der Waals surface area contributed by atoms with Crippen molar-refractivity contribution in [3.8, 4) is 33.8 Å². The first-order valence-corrected chi connectivity index (χ1v) is 19.5. The Bertz CT molecular complexity index is 2050. The Morgan fingerprint density at radius 2 is 1.04 bits per heavy atom. The molecule has 5 aromatic carbocycles. The maximum Gasteiger partial charge on any atom is 0.288 e. The Kier molecular flexibility index (Phi) is 7.46. The molecular weight excluding hydrogens is 606 g/mol. The summed E-state index contributed by atoms with van der Waals surface area (Å²) in [7, 11) is -6.92. The van der Waals surface area contributed by atoms with Crippen LogP contribution in [-0.2, 0) is 14.3 Å². The highest BCUT2D eigenvalue weighted by molar-refractivity contribution is 7.69. The first-order chi connectivity index (χ1) is 22.1. The van der Waals surface area contributed by atoms with Crippen LogP contribution in [0.3, 0.4) is 0 Å². The van der Waals surface area contributed by atoms with Gasteiger partial charge in [-0.3, -0.25) is 9.13 Å². The van der Waals surface area contributed by atoms with E-state index in [9.17, 15) is 4.57 Å². The third-order valence-corrected chi connectivity index (χ3v) is 17.4. The van der Waals surface area contributed by atoms with Crippen molar-refractivity contribution in [2.45, 2.75) is 58.3 Å². The number of para-hydroxylation sites is 2. The highest BCUT2D eigenvalue weighted by Crippen LogP contribution is 2.73. The number of benzene rings is 5. The van der Waals surface area contributed by atoms with Crippen LogP contribution in [0, 0.1) is 5.41 Å². The van der Waals surface area contributed by atoms with E-state index in [0.29, 0.717) is 11.5 Å². The zero-order chi connectivity index (χ0) is 32.3. The van der Waals surface area contributed by atoms with Gasteiger partial charge in [0.05, 0.1) is 21.4 Å². The number of hydrogen-bond donors (Lipinski definition) is 0. The van der Waals surface area contributed by atoms with Crippen molar-refractivity contribution in [1.82, 2.24) is 0 Å². The summed E-state index contributed by atoms with van der Waals surface area (Å²) in [4.78, 5) is 0. The number of hydrogen-bond acceptors (Lipinski definition) is 4. The van der Waals surface area contributed by atoms with Crippen molar-refractivity contribution in [1.29, 1.82) is 0 Å². The van der Waals surface area contributed by atoms with Crippen molar-refractivity contribution in [2.24, 2.45) is 5.41 Å². The minimum Gasteiger partial charge on any atom is -0.439 e. The second-order valence-electron chi connectivity index (χ2n) is 13.0. The molecule has 0 bridgehead atoms. The van der Waals surface area contributed by atoms with Crippen molar-refractivity contribution in [3.05, 3.63) is 132 Å². The predicted molar refractivity (Wildman–Crippen MR) is 190 cm³/mol. The zero-order valence-corrected chi connectivity index (χ0v) is 28.9. The molecule has 0 amide bonds. The average Bonchev–Trinajstić information content (AvgIpc) is 3.11. The van der Waals surface area contributed by atoms with Gasteiger partial charge in [-0.2, -0.15) is 0 Å². The maximum absolute atomic E-state index is 15.9. The molecule has 0 spiro atoms. The third kappa shape index (κ3) is 4.27. The normalized spacial score (nSPS) is 21.7. The van der Waals surface area contributed by atoms with Gasteiger partial charge in [-0.15, -0.1) is 0 Å². The molecular formula is C40H40O4P2. The Hall–Kier alpha value is -3.84. The summed E-state index contributed by atoms with van der Waals surface area (Å²) < 4.78 is 44.0. The monoisotopic (exact) mass is 646 g/mol. The van der Waals surface area contributed by atoms with Gasteiger partial charge in [0.2, 0.25) is 0 Å². The molecule has 46 heavy (non-hydrogen) atoms. The molecule has 2 aliphatic heterocycles. The molecule has 234 valence electrons. The maximum atomic E-state index is 15.9. The number of rotatable bonds is 7. The summed E-state index contributed by atoms with van der Waals surface area (Å²) in [6, 6.07) is 39.8. The van der Waals surface area contributed by atoms with Gasteiger partial charge in [0.25, 0.3) is 14.7 Å². The van der Waals surface area contributed by atoms with Gasteiger partial charge < -0.3 is 9.05 Å². The van der Waals surface area contributed by atoms with Crippen LogP contribution >= 0.6 is 14.7 Å². The van der Waals surface area contributed by atoms with Crippen LogP contribution in [0.2, 0.25) is 0 Å². The van der Waals surface area contributed by atoms with E-state index in [1.54, 1.807) is 0 Å². The van der Waals surface area contributed by atoms with Crippen LogP contribution in [0.4, 0.5) is 0 Å². The molecule has 7 rings (SSSR count). The highest BCUT2D eigenvalue weighted by atomic mass is 31.2. The van der Waals surface area contributed by atoms with E-state index < -0.39 is 25.6 Å². The second-order valence-corrected chi connectivity index (χ2v) is 18.3. The van der Waals surface area contributed by atoms with Gasteiger partial charge in [0.1, 0.15) is 11.5 Å². The summed E-state index contributed by atoms with van der Waals surface area (Å²) in [5.74, 6) is 1.30. The first kappa shape index (κ1) is 30.8. The van der Waals surface area contributed by atoms with E-state index >= 15 is 4.57 Å². The summed E-state index contributed by atoms with van der Waals surface area (Å²) >= 11 is 0. The van der Waals surface area contributed by atoms with Crippen molar-refractivity contribution >= 4 is 25.3 Å². The molecule has 0 saturated carbocycles. The molecule has 5 aromatic rings. The Morgan fingerprint density at radius 1 is 0.587 bits per heavy atom. The molecule has 0 aliphatic carbocycles. The quantitative estimate of drug-likeness (QED) is 0.165. The molecule has 2 heterocycles. The molecule has 2 aliphatic rings. The van der Waals surface area contributed by atoms with Crippen LogP contribution in [0.15, 0.2) is 121 Å². The zero-order valence-electron chi connectivity index (χ0n) is 27.1. The molecule has 4 nitrogen and oxygen atoms in total. The van der Waals surface area contributed by atoms with Crippen molar-refractivity contribution < 1.29 is 18.2 Å². The second kappa shape index (κ2) is 11.2. The molecule has 0 aromatic heterocycles. The summed E-state index contributed by atoms with van der Waals surface area (Å²) in [5, 5.41) is 0.638. The Morgan fingerprint density at radius 3 is 1.61 bits per heavy atom. The third-order valence-electron chi connectivity index (χ3n) is 11.1. The lowest BCUT2D eigenvalue weighted by Gasteiger charge is -2.51. The topological polar surface area (TPSA) is 52.6 Å². The highest BCUT2D eigenvalue weighted by Gasteiger charge is 2.60. The van der Waals surface area contributed by atoms with Gasteiger partial charge in [0.15, 0.2) is 0 Å². The van der Waals surface area contributed by atoms with E-state index in [4.69, 9.17) is 9.05 Å². The van der Waals surface area contributed by atoms with Gasteiger partial charge in [-0.05, 0) is 78.6 Å². The Balaban J connectivity index is 1.35. The standard InChI is InChI=1S/C40H40O4P2/c1-6-39(4,7-2)40(5,46(42)38-23-15-11-19-34(38)32-17-9-13-21-36(32)44-46)30-26-24-29(25-27-30)28(3)45(41)37-22-14-10-18-33(37)31-16-8-12-20-35(31)43-45/h8-28H,6-7H2,1-5H3. The van der Waals surface area contributed by atoms with Crippen LogP contribution in [-0.4, -0.2) is 0 Å². The minimum atomic E-state index is -3.57. The SMILES string of the molecule is CCC(C)(CC)C(C)(c1ccc(C(C)P2(=O)Oc3ccccc3-c3ccccc32)cc1)P1(=O)Oc2ccccc2-c2ccccc21. The van der Waals surface area contributed by atoms with Crippen LogP contribution < -0.4 is 19.7 Å². The van der Waals surface area contributed by atoms with E-state index in [0.717, 1.165) is 56.8 Å². The summed E-state index contributed by atoms with van der Waals surface area (Å²) in [6.07, 6.45) is 1.63. The fraction of sp³-hybridized carbons (Fsp3) is 0.250. The average molecular weight is 647 g/mol. The molecule has 0 N–H and O–H groups in total. The van der Waals surface area contributed by atoms with Crippen LogP contribution in [0.1, 0.15) is 64.2 Å². The Labute approximate surface area is 272 Å². The lowest BCUT2D eigenvalue weighted by molar-refractivity contribution is 0.194. The first-order valence-electron chi connectivity index (χ1n) is 16.2. The van der Waals surface area contributed by atoms with E-state index in [1.165, 1.54) is 0 Å². The van der Waals surface area contributed by atoms with Crippen LogP contribution in [0.5, 0.6) is 11.5 Å². The van der Waals surface area contributed by atoms with Crippen LogP contribution in [0.25, 0.3) is 22.3 Å². The minimum absolute atomic E-state index is 0.364. The predicted octanol–water partition coefficient (Wildman–Crippen LogP) is 11.1. The van der Waals surface area contributed by atoms with Crippen molar-refractivity contribution in [3.63, 3.8) is 0 Å². The van der Waals surface area contributed by atoms with E-state index in [-0.39, 0.29) is 5.41 Å². The fourth-order valence-corrected chi connectivity index (χ4v) is 13.6. The van der Waals surface area contributed by atoms with E-state index in [2.05, 4.69) is 45.9 Å². The molecule has 0 saturated heterocycles. The molecule has 0 radical (unpaired) electrons. The van der Waals surface area contributed by atoms with Crippen molar-refractivity contribution in [2.75, 3.05) is 0 Å². The molecule has 6 heteroatoms. The molecule has 0 fully saturated rings. The lowest BCUT2D eigenvalue weighted by atomic mass is 9.70. The van der Waals surface area contributed by atoms with Gasteiger partial charge in [-0.1, -0.05) is 118 Å². The fourth-order valence-electron chi connectivity index (χ4n) is 7.57. The number of fused-ring (bicyclic) bond motifs is 6. The lowest BCUT2D eigenvalue weighted by Crippen LogP contribution is -2.45. The smallest absolute Gasteiger partial charge is 0.288 e. The molecule has 4 atom stereocenters.